The molecule has 1 heterocycles. The van der Waals surface area contributed by atoms with Gasteiger partial charge in [0.05, 0.1) is 0 Å². The Morgan fingerprint density at radius 3 is 2.48 bits per heavy atom. The summed E-state index contributed by atoms with van der Waals surface area (Å²) in [6.07, 6.45) is 3.42. The van der Waals surface area contributed by atoms with Gasteiger partial charge in [-0.05, 0) is 24.3 Å². The molecule has 1 aromatic heterocycles. The quantitative estimate of drug-likeness (QED) is 0.379. The number of amidine groups is 1. The molecule has 2 rings (SSSR count). The highest BCUT2D eigenvalue weighted by molar-refractivity contribution is 6.06. The Morgan fingerprint density at radius 1 is 1.19 bits per heavy atom. The Labute approximate surface area is 122 Å². The summed E-state index contributed by atoms with van der Waals surface area (Å²) in [7, 11) is 0. The van der Waals surface area contributed by atoms with E-state index in [2.05, 4.69) is 10.1 Å². The Balaban J connectivity index is 2.25. The molecule has 0 spiro atoms. The molecular formula is C15H16N4O2. The van der Waals surface area contributed by atoms with Crippen LogP contribution in [0.15, 0.2) is 60.0 Å². The molecule has 0 aliphatic rings. The fourth-order valence-electron chi connectivity index (χ4n) is 1.88. The zero-order valence-electron chi connectivity index (χ0n) is 11.4. The summed E-state index contributed by atoms with van der Waals surface area (Å²) in [6, 6.07) is 12.6. The molecular weight excluding hydrogens is 268 g/mol. The normalized spacial score (nSPS) is 11.1. The monoisotopic (exact) mass is 284 g/mol. The smallest absolute Gasteiger partial charge is 0.258 e. The lowest BCUT2D eigenvalue weighted by Gasteiger charge is -2.22. The van der Waals surface area contributed by atoms with E-state index in [-0.39, 0.29) is 18.2 Å². The largest absolute Gasteiger partial charge is 0.409 e. The molecule has 6 heteroatoms. The summed E-state index contributed by atoms with van der Waals surface area (Å²) in [5.41, 5.74) is 6.78. The first-order valence-corrected chi connectivity index (χ1v) is 6.45. The third-order valence-corrected chi connectivity index (χ3v) is 2.96. The number of carbonyl (C=O) groups excluding carboxylic acids is 1. The summed E-state index contributed by atoms with van der Waals surface area (Å²) in [4.78, 5) is 18.1. The molecule has 1 aromatic carbocycles. The number of benzene rings is 1. The molecule has 0 radical (unpaired) electrons. The summed E-state index contributed by atoms with van der Waals surface area (Å²) in [5, 5.41) is 11.6. The number of amides is 1. The minimum absolute atomic E-state index is 0.0819. The molecule has 3 N–H and O–H groups in total. The van der Waals surface area contributed by atoms with Gasteiger partial charge in [0.15, 0.2) is 0 Å². The zero-order chi connectivity index (χ0) is 15.1. The Kier molecular flexibility index (Phi) is 4.87. The molecule has 0 aliphatic carbocycles. The van der Waals surface area contributed by atoms with E-state index in [4.69, 9.17) is 10.9 Å². The van der Waals surface area contributed by atoms with Crippen molar-refractivity contribution in [2.75, 3.05) is 11.4 Å². The first-order chi connectivity index (χ1) is 10.2. The minimum atomic E-state index is -0.158. The van der Waals surface area contributed by atoms with E-state index in [0.717, 1.165) is 5.69 Å². The highest BCUT2D eigenvalue weighted by Gasteiger charge is 2.17. The van der Waals surface area contributed by atoms with Gasteiger partial charge in [-0.3, -0.25) is 9.78 Å². The van der Waals surface area contributed by atoms with Crippen molar-refractivity contribution in [3.8, 4) is 0 Å². The van der Waals surface area contributed by atoms with Crippen molar-refractivity contribution in [1.29, 1.82) is 0 Å². The standard InChI is InChI=1S/C15H16N4O2/c16-14(18-21)8-11-19(13-4-2-1-3-5-13)15(20)12-6-9-17-10-7-12/h1-7,9-10,21H,8,11H2,(H2,16,18). The van der Waals surface area contributed by atoms with Crippen molar-refractivity contribution in [2.24, 2.45) is 10.9 Å². The molecule has 0 bridgehead atoms. The molecule has 6 nitrogen and oxygen atoms in total. The molecule has 0 saturated carbocycles. The maximum absolute atomic E-state index is 12.6. The number of carbonyl (C=O) groups is 1. The van der Waals surface area contributed by atoms with Crippen LogP contribution in [0.4, 0.5) is 5.69 Å². The Morgan fingerprint density at radius 2 is 1.86 bits per heavy atom. The first kappa shape index (κ1) is 14.5. The van der Waals surface area contributed by atoms with Crippen molar-refractivity contribution >= 4 is 17.4 Å². The van der Waals surface area contributed by atoms with Crippen molar-refractivity contribution < 1.29 is 10.0 Å². The maximum atomic E-state index is 12.6. The number of hydrogen-bond donors (Lipinski definition) is 2. The molecule has 0 aliphatic heterocycles. The van der Waals surface area contributed by atoms with Gasteiger partial charge in [0.2, 0.25) is 0 Å². The van der Waals surface area contributed by atoms with Crippen LogP contribution in [0.3, 0.4) is 0 Å². The molecule has 0 fully saturated rings. The second-order valence-corrected chi connectivity index (χ2v) is 4.37. The molecule has 108 valence electrons. The summed E-state index contributed by atoms with van der Waals surface area (Å²) < 4.78 is 0. The van der Waals surface area contributed by atoms with Crippen LogP contribution in [-0.4, -0.2) is 28.5 Å². The number of hydrogen-bond acceptors (Lipinski definition) is 4. The summed E-state index contributed by atoms with van der Waals surface area (Å²) >= 11 is 0. The summed E-state index contributed by atoms with van der Waals surface area (Å²) in [5.74, 6) is -0.0761. The SMILES string of the molecule is N/C(CCN(C(=O)c1ccncc1)c1ccccc1)=N/O. The van der Waals surface area contributed by atoms with Crippen molar-refractivity contribution in [1.82, 2.24) is 4.98 Å². The van der Waals surface area contributed by atoms with Crippen molar-refractivity contribution in [3.05, 3.63) is 60.4 Å². The average molecular weight is 284 g/mol. The van der Waals surface area contributed by atoms with Crippen molar-refractivity contribution in [3.63, 3.8) is 0 Å². The van der Waals surface area contributed by atoms with Gasteiger partial charge in [-0.15, -0.1) is 0 Å². The van der Waals surface area contributed by atoms with Gasteiger partial charge in [-0.1, -0.05) is 23.4 Å². The van der Waals surface area contributed by atoms with Gasteiger partial charge in [-0.2, -0.15) is 0 Å². The molecule has 21 heavy (non-hydrogen) atoms. The van der Waals surface area contributed by atoms with Gasteiger partial charge in [0, 0.05) is 36.6 Å². The van der Waals surface area contributed by atoms with E-state index in [1.54, 1.807) is 29.4 Å². The van der Waals surface area contributed by atoms with Crippen LogP contribution in [0.1, 0.15) is 16.8 Å². The fourth-order valence-corrected chi connectivity index (χ4v) is 1.88. The third kappa shape index (κ3) is 3.79. The van der Waals surface area contributed by atoms with Crippen LogP contribution in [-0.2, 0) is 0 Å². The number of pyridine rings is 1. The lowest BCUT2D eigenvalue weighted by molar-refractivity contribution is 0.0987. The van der Waals surface area contributed by atoms with Crippen LogP contribution in [0.2, 0.25) is 0 Å². The molecule has 0 saturated heterocycles. The zero-order valence-corrected chi connectivity index (χ0v) is 11.4. The predicted octanol–water partition coefficient (Wildman–Crippen LogP) is 1.86. The lowest BCUT2D eigenvalue weighted by atomic mass is 10.2. The maximum Gasteiger partial charge on any atom is 0.258 e. The van der Waals surface area contributed by atoms with Gasteiger partial charge in [0.25, 0.3) is 5.91 Å². The molecule has 0 atom stereocenters. The first-order valence-electron chi connectivity index (χ1n) is 6.45. The molecule has 0 unspecified atom stereocenters. The van der Waals surface area contributed by atoms with E-state index in [1.807, 2.05) is 30.3 Å². The van der Waals surface area contributed by atoms with E-state index < -0.39 is 0 Å². The fraction of sp³-hybridized carbons (Fsp3) is 0.133. The third-order valence-electron chi connectivity index (χ3n) is 2.96. The van der Waals surface area contributed by atoms with Crippen LogP contribution in [0.25, 0.3) is 0 Å². The number of nitrogens with two attached hydrogens (primary N) is 1. The van der Waals surface area contributed by atoms with E-state index in [0.29, 0.717) is 12.1 Å². The number of anilines is 1. The lowest BCUT2D eigenvalue weighted by Crippen LogP contribution is -2.34. The van der Waals surface area contributed by atoms with Gasteiger partial charge in [0.1, 0.15) is 5.84 Å². The summed E-state index contributed by atoms with van der Waals surface area (Å²) in [6.45, 7) is 0.320. The topological polar surface area (TPSA) is 91.8 Å². The second-order valence-electron chi connectivity index (χ2n) is 4.37. The Bertz CT molecular complexity index is 614. The number of oxime groups is 1. The van der Waals surface area contributed by atoms with Crippen LogP contribution >= 0.6 is 0 Å². The minimum Gasteiger partial charge on any atom is -0.409 e. The number of nitrogens with zero attached hydrogens (tertiary/aromatic N) is 3. The highest BCUT2D eigenvalue weighted by Crippen LogP contribution is 2.17. The number of rotatable bonds is 5. The number of para-hydroxylation sites is 1. The van der Waals surface area contributed by atoms with Gasteiger partial charge in [-0.25, -0.2) is 0 Å². The molecule has 2 aromatic rings. The predicted molar refractivity (Wildman–Crippen MR) is 80.4 cm³/mol. The van der Waals surface area contributed by atoms with Crippen molar-refractivity contribution in [2.45, 2.75) is 6.42 Å². The Hall–Kier alpha value is -2.89. The van der Waals surface area contributed by atoms with Crippen LogP contribution < -0.4 is 10.6 Å². The second kappa shape index (κ2) is 7.04. The van der Waals surface area contributed by atoms with Gasteiger partial charge < -0.3 is 15.8 Å². The van der Waals surface area contributed by atoms with Crippen LogP contribution in [0.5, 0.6) is 0 Å². The molecule has 1 amide bonds. The van der Waals surface area contributed by atoms with Gasteiger partial charge >= 0.3 is 0 Å². The number of aromatic nitrogens is 1. The van der Waals surface area contributed by atoms with E-state index >= 15 is 0 Å². The van der Waals surface area contributed by atoms with E-state index in [1.165, 1.54) is 0 Å². The van der Waals surface area contributed by atoms with E-state index in [9.17, 15) is 4.79 Å². The highest BCUT2D eigenvalue weighted by atomic mass is 16.4. The van der Waals surface area contributed by atoms with Crippen LogP contribution in [0, 0.1) is 0 Å². The average Bonchev–Trinajstić information content (AvgIpc) is 2.56.